The molecule has 0 aliphatic heterocycles. The van der Waals surface area contributed by atoms with Crippen molar-refractivity contribution in [1.29, 1.82) is 0 Å². The summed E-state index contributed by atoms with van der Waals surface area (Å²) >= 11 is 5.79. The molecule has 1 fully saturated rings. The van der Waals surface area contributed by atoms with Gasteiger partial charge in [-0.25, -0.2) is 9.97 Å². The second-order valence-electron chi connectivity index (χ2n) is 3.84. The number of nitrogens with one attached hydrogen (secondary N) is 1. The van der Waals surface area contributed by atoms with E-state index in [1.807, 2.05) is 0 Å². The van der Waals surface area contributed by atoms with Gasteiger partial charge in [0.25, 0.3) is 0 Å². The Morgan fingerprint density at radius 3 is 2.79 bits per heavy atom. The highest BCUT2D eigenvalue weighted by Gasteiger charge is 2.35. The zero-order valence-electron chi connectivity index (χ0n) is 8.26. The first-order valence-corrected chi connectivity index (χ1v) is 5.38. The molecule has 0 saturated heterocycles. The van der Waals surface area contributed by atoms with Crippen LogP contribution in [0.25, 0.3) is 0 Å². The summed E-state index contributed by atoms with van der Waals surface area (Å²) in [6, 6.07) is 1.78. The molecule has 0 amide bonds. The van der Waals surface area contributed by atoms with Crippen molar-refractivity contribution in [3.63, 3.8) is 0 Å². The summed E-state index contributed by atoms with van der Waals surface area (Å²) in [4.78, 5) is 8.00. The molecule has 1 aliphatic carbocycles. The van der Waals surface area contributed by atoms with Gasteiger partial charge in [-0.1, -0.05) is 18.5 Å². The molecule has 0 aromatic carbocycles. The van der Waals surface area contributed by atoms with Crippen molar-refractivity contribution in [1.82, 2.24) is 9.97 Å². The number of nitrogens with zero attached hydrogens (tertiary/aromatic N) is 2. The van der Waals surface area contributed by atoms with E-state index >= 15 is 0 Å². The van der Waals surface area contributed by atoms with Gasteiger partial charge in [0, 0.05) is 11.6 Å². The average Bonchev–Trinajstić information content (AvgIpc) is 2.11. The van der Waals surface area contributed by atoms with Gasteiger partial charge >= 0.3 is 0 Å². The van der Waals surface area contributed by atoms with E-state index in [4.69, 9.17) is 11.6 Å². The first-order valence-electron chi connectivity index (χ1n) is 5.00. The quantitative estimate of drug-likeness (QED) is 0.782. The fourth-order valence-corrected chi connectivity index (χ4v) is 1.99. The van der Waals surface area contributed by atoms with Crippen LogP contribution in [0.3, 0.4) is 0 Å². The van der Waals surface area contributed by atoms with E-state index < -0.39 is 0 Å². The van der Waals surface area contributed by atoms with Gasteiger partial charge < -0.3 is 5.32 Å². The molecule has 3 nitrogen and oxygen atoms in total. The summed E-state index contributed by atoms with van der Waals surface area (Å²) in [6.07, 6.45) is 6.39. The SMILES string of the molecule is CCC1(Nc2cc(Cl)ncn2)CCC1. The zero-order valence-corrected chi connectivity index (χ0v) is 9.01. The molecule has 0 bridgehead atoms. The minimum Gasteiger partial charge on any atom is -0.365 e. The van der Waals surface area contributed by atoms with Gasteiger partial charge in [-0.05, 0) is 25.7 Å². The van der Waals surface area contributed by atoms with Crippen LogP contribution >= 0.6 is 11.6 Å². The Morgan fingerprint density at radius 2 is 2.29 bits per heavy atom. The molecule has 76 valence electrons. The van der Waals surface area contributed by atoms with E-state index in [-0.39, 0.29) is 5.54 Å². The summed E-state index contributed by atoms with van der Waals surface area (Å²) in [7, 11) is 0. The molecule has 0 atom stereocenters. The maximum atomic E-state index is 5.79. The maximum Gasteiger partial charge on any atom is 0.134 e. The molecule has 1 saturated carbocycles. The molecule has 1 heterocycles. The summed E-state index contributed by atoms with van der Waals surface area (Å²) in [5.41, 5.74) is 0.262. The lowest BCUT2D eigenvalue weighted by Gasteiger charge is -2.42. The van der Waals surface area contributed by atoms with Crippen molar-refractivity contribution in [3.05, 3.63) is 17.5 Å². The first-order chi connectivity index (χ1) is 6.74. The van der Waals surface area contributed by atoms with Crippen molar-refractivity contribution >= 4 is 17.4 Å². The third kappa shape index (κ3) is 1.82. The normalized spacial score (nSPS) is 18.7. The van der Waals surface area contributed by atoms with Gasteiger partial charge in [-0.2, -0.15) is 0 Å². The van der Waals surface area contributed by atoms with Crippen molar-refractivity contribution in [2.24, 2.45) is 0 Å². The molecule has 14 heavy (non-hydrogen) atoms. The van der Waals surface area contributed by atoms with Gasteiger partial charge in [0.2, 0.25) is 0 Å². The highest BCUT2D eigenvalue weighted by Crippen LogP contribution is 2.37. The molecule has 0 spiro atoms. The van der Waals surface area contributed by atoms with Crippen LogP contribution in [0.15, 0.2) is 12.4 Å². The summed E-state index contributed by atoms with van der Waals surface area (Å²) in [6.45, 7) is 2.20. The minimum atomic E-state index is 0.262. The highest BCUT2D eigenvalue weighted by molar-refractivity contribution is 6.29. The van der Waals surface area contributed by atoms with Crippen LogP contribution in [0.4, 0.5) is 5.82 Å². The van der Waals surface area contributed by atoms with Crippen LogP contribution in [0, 0.1) is 0 Å². The minimum absolute atomic E-state index is 0.262. The molecule has 2 rings (SSSR count). The summed E-state index contributed by atoms with van der Waals surface area (Å²) in [5.74, 6) is 0.839. The molecule has 1 aromatic rings. The topological polar surface area (TPSA) is 37.8 Å². The third-order valence-electron chi connectivity index (χ3n) is 3.01. The molecule has 1 N–H and O–H groups in total. The van der Waals surface area contributed by atoms with Crippen molar-refractivity contribution in [2.45, 2.75) is 38.1 Å². The van der Waals surface area contributed by atoms with E-state index in [9.17, 15) is 0 Å². The van der Waals surface area contributed by atoms with Crippen LogP contribution in [0.1, 0.15) is 32.6 Å². The van der Waals surface area contributed by atoms with Gasteiger partial charge in [0.1, 0.15) is 17.3 Å². The van der Waals surface area contributed by atoms with E-state index in [1.165, 1.54) is 25.6 Å². The number of halogens is 1. The maximum absolute atomic E-state index is 5.79. The van der Waals surface area contributed by atoms with Crippen LogP contribution < -0.4 is 5.32 Å². The molecular weight excluding hydrogens is 198 g/mol. The predicted octanol–water partition coefficient (Wildman–Crippen LogP) is 2.87. The number of aromatic nitrogens is 2. The van der Waals surface area contributed by atoms with Crippen molar-refractivity contribution in [3.8, 4) is 0 Å². The largest absolute Gasteiger partial charge is 0.365 e. The highest BCUT2D eigenvalue weighted by atomic mass is 35.5. The lowest BCUT2D eigenvalue weighted by atomic mass is 9.75. The Bertz CT molecular complexity index is 317. The molecule has 0 radical (unpaired) electrons. The zero-order chi connectivity index (χ0) is 10.0. The molecule has 0 unspecified atom stereocenters. The van der Waals surface area contributed by atoms with Crippen LogP contribution in [0.2, 0.25) is 5.15 Å². The van der Waals surface area contributed by atoms with Gasteiger partial charge in [-0.3, -0.25) is 0 Å². The Hall–Kier alpha value is -0.830. The van der Waals surface area contributed by atoms with Crippen molar-refractivity contribution in [2.75, 3.05) is 5.32 Å². The Labute approximate surface area is 88.9 Å². The number of rotatable bonds is 3. The third-order valence-corrected chi connectivity index (χ3v) is 3.22. The summed E-state index contributed by atoms with van der Waals surface area (Å²) in [5, 5.41) is 3.94. The van der Waals surface area contributed by atoms with E-state index in [2.05, 4.69) is 22.2 Å². The second-order valence-corrected chi connectivity index (χ2v) is 4.23. The molecule has 1 aromatic heterocycles. The lowest BCUT2D eigenvalue weighted by Crippen LogP contribution is -2.44. The van der Waals surface area contributed by atoms with E-state index in [0.29, 0.717) is 5.15 Å². The second kappa shape index (κ2) is 3.73. The fraction of sp³-hybridized carbons (Fsp3) is 0.600. The smallest absolute Gasteiger partial charge is 0.134 e. The molecule has 1 aliphatic rings. The van der Waals surface area contributed by atoms with Crippen LogP contribution in [-0.4, -0.2) is 15.5 Å². The Balaban J connectivity index is 2.09. The van der Waals surface area contributed by atoms with E-state index in [1.54, 1.807) is 6.07 Å². The van der Waals surface area contributed by atoms with Crippen LogP contribution in [-0.2, 0) is 0 Å². The number of hydrogen-bond donors (Lipinski definition) is 1. The average molecular weight is 212 g/mol. The van der Waals surface area contributed by atoms with Gasteiger partial charge in [0.05, 0.1) is 0 Å². The van der Waals surface area contributed by atoms with Gasteiger partial charge in [-0.15, -0.1) is 0 Å². The molecule has 4 heteroatoms. The molecular formula is C10H14ClN3. The standard InChI is InChI=1S/C10H14ClN3/c1-2-10(4-3-5-10)14-9-6-8(11)12-7-13-9/h6-7H,2-5H2,1H3,(H,12,13,14). The first kappa shape index (κ1) is 9.71. The van der Waals surface area contributed by atoms with Crippen molar-refractivity contribution < 1.29 is 0 Å². The van der Waals surface area contributed by atoms with E-state index in [0.717, 1.165) is 12.2 Å². The monoisotopic (exact) mass is 211 g/mol. The van der Waals surface area contributed by atoms with Gasteiger partial charge in [0.15, 0.2) is 0 Å². The Kier molecular flexibility index (Phi) is 2.59. The predicted molar refractivity (Wildman–Crippen MR) is 57.5 cm³/mol. The van der Waals surface area contributed by atoms with Crippen LogP contribution in [0.5, 0.6) is 0 Å². The fourth-order valence-electron chi connectivity index (χ4n) is 1.84. The summed E-state index contributed by atoms with van der Waals surface area (Å²) < 4.78 is 0. The lowest BCUT2D eigenvalue weighted by molar-refractivity contribution is 0.269. The Morgan fingerprint density at radius 1 is 1.50 bits per heavy atom. The number of anilines is 1. The number of hydrogen-bond acceptors (Lipinski definition) is 3.